The lowest BCUT2D eigenvalue weighted by Gasteiger charge is -2.08. The van der Waals surface area contributed by atoms with Crippen molar-refractivity contribution in [2.45, 2.75) is 6.92 Å². The first kappa shape index (κ1) is 11.7. The number of anilines is 1. The molecular weight excluding hydrogens is 240 g/mol. The molecule has 17 heavy (non-hydrogen) atoms. The van der Waals surface area contributed by atoms with Gasteiger partial charge in [-0.25, -0.2) is 4.79 Å². The van der Waals surface area contributed by atoms with E-state index in [0.29, 0.717) is 28.2 Å². The van der Waals surface area contributed by atoms with Gasteiger partial charge in [0.1, 0.15) is 5.56 Å². The summed E-state index contributed by atoms with van der Waals surface area (Å²) in [7, 11) is 0. The third kappa shape index (κ3) is 2.03. The van der Waals surface area contributed by atoms with E-state index >= 15 is 0 Å². The summed E-state index contributed by atoms with van der Waals surface area (Å²) in [6, 6.07) is 5.27. The molecule has 5 heteroatoms. The summed E-state index contributed by atoms with van der Waals surface area (Å²) < 4.78 is 4.90. The molecule has 0 spiro atoms. The number of carbonyl (C=O) groups is 1. The predicted octanol–water partition coefficient (Wildman–Crippen LogP) is 2.65. The lowest BCUT2D eigenvalue weighted by molar-refractivity contribution is 0.0527. The van der Waals surface area contributed by atoms with Crippen molar-refractivity contribution >= 4 is 34.2 Å². The molecule has 1 aromatic carbocycles. The Morgan fingerprint density at radius 1 is 1.53 bits per heavy atom. The number of ether oxygens (including phenoxy) is 1. The minimum atomic E-state index is -0.487. The Labute approximate surface area is 103 Å². The van der Waals surface area contributed by atoms with E-state index in [4.69, 9.17) is 22.1 Å². The first-order valence-corrected chi connectivity index (χ1v) is 5.52. The molecule has 88 valence electrons. The maximum atomic E-state index is 11.6. The van der Waals surface area contributed by atoms with Crippen LogP contribution in [0.15, 0.2) is 24.4 Å². The van der Waals surface area contributed by atoms with Gasteiger partial charge in [-0.1, -0.05) is 17.7 Å². The molecule has 0 aliphatic rings. The van der Waals surface area contributed by atoms with Crippen LogP contribution in [0.4, 0.5) is 5.69 Å². The number of nitrogen functional groups attached to an aromatic ring is 1. The molecule has 0 bridgehead atoms. The zero-order valence-corrected chi connectivity index (χ0v) is 9.99. The Morgan fingerprint density at radius 3 is 3.00 bits per heavy atom. The van der Waals surface area contributed by atoms with E-state index < -0.39 is 5.97 Å². The fourth-order valence-corrected chi connectivity index (χ4v) is 1.87. The maximum absolute atomic E-state index is 11.6. The van der Waals surface area contributed by atoms with Gasteiger partial charge >= 0.3 is 5.97 Å². The molecule has 0 aliphatic carbocycles. The SMILES string of the molecule is CCOC(=O)c1cnc2cccc(Cl)c2c1N. The zero-order chi connectivity index (χ0) is 12.4. The molecule has 2 N–H and O–H groups in total. The normalized spacial score (nSPS) is 10.5. The second-order valence-electron chi connectivity index (χ2n) is 3.44. The van der Waals surface area contributed by atoms with Crippen LogP contribution >= 0.6 is 11.6 Å². The van der Waals surface area contributed by atoms with Gasteiger partial charge in [0.05, 0.1) is 22.8 Å². The number of nitrogens with two attached hydrogens (primary N) is 1. The first-order chi connectivity index (χ1) is 8.15. The quantitative estimate of drug-likeness (QED) is 0.832. The van der Waals surface area contributed by atoms with Gasteiger partial charge < -0.3 is 10.5 Å². The standard InChI is InChI=1S/C12H11ClN2O2/c1-2-17-12(16)7-6-15-9-5-3-4-8(13)10(9)11(7)14/h3-6H,2H2,1H3,(H2,14,15). The number of benzene rings is 1. The zero-order valence-electron chi connectivity index (χ0n) is 9.24. The molecule has 0 saturated carbocycles. The number of nitrogens with zero attached hydrogens (tertiary/aromatic N) is 1. The van der Waals surface area contributed by atoms with Crippen LogP contribution in [-0.2, 0) is 4.74 Å². The topological polar surface area (TPSA) is 65.2 Å². The summed E-state index contributed by atoms with van der Waals surface area (Å²) in [5.74, 6) is -0.487. The molecule has 0 radical (unpaired) electrons. The van der Waals surface area contributed by atoms with E-state index in [2.05, 4.69) is 4.98 Å². The Bertz CT molecular complexity index is 584. The predicted molar refractivity (Wildman–Crippen MR) is 67.1 cm³/mol. The number of hydrogen-bond acceptors (Lipinski definition) is 4. The van der Waals surface area contributed by atoms with E-state index in [1.54, 1.807) is 25.1 Å². The number of aromatic nitrogens is 1. The van der Waals surface area contributed by atoms with Crippen LogP contribution in [0.25, 0.3) is 10.9 Å². The Kier molecular flexibility index (Phi) is 3.15. The number of hydrogen-bond donors (Lipinski definition) is 1. The lowest BCUT2D eigenvalue weighted by Crippen LogP contribution is -2.09. The largest absolute Gasteiger partial charge is 0.462 e. The summed E-state index contributed by atoms with van der Waals surface area (Å²) in [4.78, 5) is 15.8. The van der Waals surface area contributed by atoms with E-state index in [1.807, 2.05) is 0 Å². The second kappa shape index (κ2) is 4.59. The van der Waals surface area contributed by atoms with Crippen LogP contribution in [0, 0.1) is 0 Å². The molecule has 0 saturated heterocycles. The molecule has 0 atom stereocenters. The van der Waals surface area contributed by atoms with Crippen molar-refractivity contribution in [2.24, 2.45) is 0 Å². The highest BCUT2D eigenvalue weighted by Crippen LogP contribution is 2.29. The molecule has 2 aromatic rings. The third-order valence-electron chi connectivity index (χ3n) is 2.38. The third-order valence-corrected chi connectivity index (χ3v) is 2.69. The smallest absolute Gasteiger partial charge is 0.341 e. The highest BCUT2D eigenvalue weighted by Gasteiger charge is 2.15. The number of halogens is 1. The number of rotatable bonds is 2. The first-order valence-electron chi connectivity index (χ1n) is 5.15. The van der Waals surface area contributed by atoms with Gasteiger partial charge in [-0.05, 0) is 19.1 Å². The van der Waals surface area contributed by atoms with Crippen LogP contribution in [0.1, 0.15) is 17.3 Å². The highest BCUT2D eigenvalue weighted by molar-refractivity contribution is 6.36. The Hall–Kier alpha value is -1.81. The van der Waals surface area contributed by atoms with Crippen molar-refractivity contribution in [3.63, 3.8) is 0 Å². The monoisotopic (exact) mass is 250 g/mol. The van der Waals surface area contributed by atoms with Gasteiger partial charge in [0, 0.05) is 11.6 Å². The van der Waals surface area contributed by atoms with E-state index in [1.165, 1.54) is 6.20 Å². The van der Waals surface area contributed by atoms with Crippen molar-refractivity contribution in [1.82, 2.24) is 4.98 Å². The summed E-state index contributed by atoms with van der Waals surface area (Å²) in [6.07, 6.45) is 1.41. The molecule has 1 heterocycles. The van der Waals surface area contributed by atoms with Gasteiger partial charge in [-0.3, -0.25) is 4.98 Å². The fourth-order valence-electron chi connectivity index (χ4n) is 1.60. The van der Waals surface area contributed by atoms with Crippen molar-refractivity contribution in [2.75, 3.05) is 12.3 Å². The van der Waals surface area contributed by atoms with Crippen LogP contribution in [0.2, 0.25) is 5.02 Å². The fraction of sp³-hybridized carbons (Fsp3) is 0.167. The van der Waals surface area contributed by atoms with Crippen LogP contribution in [0.5, 0.6) is 0 Å². The summed E-state index contributed by atoms with van der Waals surface area (Å²) in [5.41, 5.74) is 7.13. The minimum Gasteiger partial charge on any atom is -0.462 e. The maximum Gasteiger partial charge on any atom is 0.341 e. The van der Waals surface area contributed by atoms with Crippen LogP contribution < -0.4 is 5.73 Å². The van der Waals surface area contributed by atoms with Crippen LogP contribution in [-0.4, -0.2) is 17.6 Å². The summed E-state index contributed by atoms with van der Waals surface area (Å²) in [5, 5.41) is 1.05. The molecule has 0 unspecified atom stereocenters. The number of esters is 1. The number of pyridine rings is 1. The average Bonchev–Trinajstić information content (AvgIpc) is 2.29. The molecular formula is C12H11ClN2O2. The van der Waals surface area contributed by atoms with E-state index in [-0.39, 0.29) is 5.56 Å². The van der Waals surface area contributed by atoms with Crippen molar-refractivity contribution in [3.05, 3.63) is 35.0 Å². The molecule has 2 rings (SSSR count). The van der Waals surface area contributed by atoms with E-state index in [0.717, 1.165) is 0 Å². The second-order valence-corrected chi connectivity index (χ2v) is 3.85. The van der Waals surface area contributed by atoms with Crippen LogP contribution in [0.3, 0.4) is 0 Å². The van der Waals surface area contributed by atoms with Crippen molar-refractivity contribution in [3.8, 4) is 0 Å². The van der Waals surface area contributed by atoms with Gasteiger partial charge in [-0.2, -0.15) is 0 Å². The Balaban J connectivity index is 2.65. The summed E-state index contributed by atoms with van der Waals surface area (Å²) >= 11 is 6.04. The van der Waals surface area contributed by atoms with Crippen molar-refractivity contribution < 1.29 is 9.53 Å². The van der Waals surface area contributed by atoms with Gasteiger partial charge in [-0.15, -0.1) is 0 Å². The number of carbonyl (C=O) groups excluding carboxylic acids is 1. The van der Waals surface area contributed by atoms with Gasteiger partial charge in [0.2, 0.25) is 0 Å². The molecule has 0 fully saturated rings. The van der Waals surface area contributed by atoms with Gasteiger partial charge in [0.25, 0.3) is 0 Å². The molecule has 1 aromatic heterocycles. The highest BCUT2D eigenvalue weighted by atomic mass is 35.5. The molecule has 0 amide bonds. The van der Waals surface area contributed by atoms with E-state index in [9.17, 15) is 4.79 Å². The molecule has 4 nitrogen and oxygen atoms in total. The molecule has 0 aliphatic heterocycles. The average molecular weight is 251 g/mol. The summed E-state index contributed by atoms with van der Waals surface area (Å²) in [6.45, 7) is 2.02. The van der Waals surface area contributed by atoms with Gasteiger partial charge in [0.15, 0.2) is 0 Å². The van der Waals surface area contributed by atoms with Crippen molar-refractivity contribution in [1.29, 1.82) is 0 Å². The lowest BCUT2D eigenvalue weighted by atomic mass is 10.1. The Morgan fingerprint density at radius 2 is 2.29 bits per heavy atom. The minimum absolute atomic E-state index is 0.243. The number of fused-ring (bicyclic) bond motifs is 1.